The zero-order valence-electron chi connectivity index (χ0n) is 5.46. The van der Waals surface area contributed by atoms with Crippen molar-refractivity contribution in [3.05, 3.63) is 12.3 Å². The molecule has 0 bridgehead atoms. The van der Waals surface area contributed by atoms with Gasteiger partial charge in [0.05, 0.1) is 6.67 Å². The van der Waals surface area contributed by atoms with Crippen molar-refractivity contribution in [1.29, 1.82) is 0 Å². The van der Waals surface area contributed by atoms with Gasteiger partial charge < -0.3 is 4.90 Å². The largest absolute Gasteiger partial charge is 0.368 e. The highest BCUT2D eigenvalue weighted by Gasteiger charge is 2.00. The van der Waals surface area contributed by atoms with Crippen LogP contribution in [0, 0.1) is 0 Å². The molecule has 0 aromatic carbocycles. The fourth-order valence-corrected chi connectivity index (χ4v) is 0.893. The van der Waals surface area contributed by atoms with Gasteiger partial charge in [-0.3, -0.25) is 4.90 Å². The highest BCUT2D eigenvalue weighted by Crippen LogP contribution is 1.95. The Hall–Kier alpha value is -0.500. The second-order valence-electron chi connectivity index (χ2n) is 2.32. The van der Waals surface area contributed by atoms with Gasteiger partial charge in [0.1, 0.15) is 0 Å². The minimum atomic E-state index is 1.05. The molecular formula is C6H12N2. The molecule has 0 amide bonds. The quantitative estimate of drug-likeness (QED) is 0.445. The Kier molecular flexibility index (Phi) is 1.53. The third-order valence-electron chi connectivity index (χ3n) is 1.24. The second-order valence-corrected chi connectivity index (χ2v) is 2.32. The van der Waals surface area contributed by atoms with Crippen molar-refractivity contribution in [3.63, 3.8) is 0 Å². The molecule has 0 N–H and O–H groups in total. The lowest BCUT2D eigenvalue weighted by Gasteiger charge is -2.25. The lowest BCUT2D eigenvalue weighted by molar-refractivity contribution is 0.229. The minimum absolute atomic E-state index is 1.05. The lowest BCUT2D eigenvalue weighted by atomic mass is 10.4. The molecule has 0 unspecified atom stereocenters. The molecule has 0 aromatic rings. The molecule has 0 aromatic heterocycles. The van der Waals surface area contributed by atoms with Gasteiger partial charge in [-0.2, -0.15) is 0 Å². The van der Waals surface area contributed by atoms with E-state index in [1.807, 2.05) is 0 Å². The van der Waals surface area contributed by atoms with Crippen LogP contribution in [0.4, 0.5) is 0 Å². The van der Waals surface area contributed by atoms with E-state index in [-0.39, 0.29) is 0 Å². The molecule has 0 saturated heterocycles. The van der Waals surface area contributed by atoms with Crippen molar-refractivity contribution in [3.8, 4) is 0 Å². The third-order valence-corrected chi connectivity index (χ3v) is 1.24. The molecule has 0 spiro atoms. The fraction of sp³-hybridized carbons (Fsp3) is 0.667. The van der Waals surface area contributed by atoms with E-state index in [4.69, 9.17) is 0 Å². The lowest BCUT2D eigenvalue weighted by Crippen LogP contribution is -2.33. The minimum Gasteiger partial charge on any atom is -0.368 e. The fourth-order valence-electron chi connectivity index (χ4n) is 0.893. The summed E-state index contributed by atoms with van der Waals surface area (Å²) in [6, 6.07) is 0. The van der Waals surface area contributed by atoms with Crippen molar-refractivity contribution in [2.24, 2.45) is 0 Å². The molecule has 46 valence electrons. The van der Waals surface area contributed by atoms with Crippen LogP contribution >= 0.6 is 0 Å². The number of likely N-dealkylation sites (N-methyl/N-ethyl adjacent to an activating group) is 1. The first-order chi connectivity index (χ1) is 3.79. The van der Waals surface area contributed by atoms with Crippen LogP contribution in [0.5, 0.6) is 0 Å². The molecule has 0 radical (unpaired) electrons. The third kappa shape index (κ3) is 1.23. The molecule has 0 atom stereocenters. The highest BCUT2D eigenvalue weighted by molar-refractivity contribution is 4.87. The Morgan fingerprint density at radius 1 is 1.38 bits per heavy atom. The summed E-state index contributed by atoms with van der Waals surface area (Å²) in [6.45, 7) is 2.14. The molecule has 1 aliphatic heterocycles. The topological polar surface area (TPSA) is 6.48 Å². The molecule has 1 heterocycles. The van der Waals surface area contributed by atoms with Gasteiger partial charge in [-0.15, -0.1) is 0 Å². The van der Waals surface area contributed by atoms with Gasteiger partial charge in [0, 0.05) is 13.6 Å². The Morgan fingerprint density at radius 3 is 2.50 bits per heavy atom. The van der Waals surface area contributed by atoms with E-state index in [1.165, 1.54) is 0 Å². The average molecular weight is 112 g/mol. The van der Waals surface area contributed by atoms with Crippen molar-refractivity contribution in [2.75, 3.05) is 27.3 Å². The van der Waals surface area contributed by atoms with Crippen LogP contribution in [0.15, 0.2) is 12.3 Å². The maximum Gasteiger partial charge on any atom is 0.0698 e. The van der Waals surface area contributed by atoms with Gasteiger partial charge in [-0.25, -0.2) is 0 Å². The SMILES string of the molecule is CN1C=CCN(C)C1. The maximum absolute atomic E-state index is 2.25. The number of hydrogen-bond acceptors (Lipinski definition) is 2. The molecule has 1 aliphatic rings. The summed E-state index contributed by atoms with van der Waals surface area (Å²) < 4.78 is 0. The summed E-state index contributed by atoms with van der Waals surface area (Å²) >= 11 is 0. The summed E-state index contributed by atoms with van der Waals surface area (Å²) in [5.74, 6) is 0. The van der Waals surface area contributed by atoms with Gasteiger partial charge in [-0.05, 0) is 13.2 Å². The average Bonchev–Trinajstić information content (AvgIpc) is 1.64. The van der Waals surface area contributed by atoms with Crippen LogP contribution < -0.4 is 0 Å². The molecule has 8 heavy (non-hydrogen) atoms. The second kappa shape index (κ2) is 2.18. The molecule has 0 saturated carbocycles. The Labute approximate surface area is 50.4 Å². The first-order valence-corrected chi connectivity index (χ1v) is 2.84. The number of hydrogen-bond donors (Lipinski definition) is 0. The molecule has 2 heteroatoms. The van der Waals surface area contributed by atoms with Crippen LogP contribution in [0.2, 0.25) is 0 Å². The zero-order chi connectivity index (χ0) is 5.98. The van der Waals surface area contributed by atoms with E-state index in [0.29, 0.717) is 0 Å². The van der Waals surface area contributed by atoms with E-state index in [2.05, 4.69) is 36.2 Å². The van der Waals surface area contributed by atoms with Crippen molar-refractivity contribution < 1.29 is 0 Å². The van der Waals surface area contributed by atoms with E-state index in [9.17, 15) is 0 Å². The number of rotatable bonds is 0. The van der Waals surface area contributed by atoms with Crippen LogP contribution in [0.3, 0.4) is 0 Å². The predicted octanol–water partition coefficient (Wildman–Crippen LogP) is 0.335. The van der Waals surface area contributed by atoms with Crippen molar-refractivity contribution in [1.82, 2.24) is 9.80 Å². The summed E-state index contributed by atoms with van der Waals surface area (Å²) in [7, 11) is 4.19. The van der Waals surface area contributed by atoms with Gasteiger partial charge >= 0.3 is 0 Å². The van der Waals surface area contributed by atoms with E-state index >= 15 is 0 Å². The zero-order valence-corrected chi connectivity index (χ0v) is 5.46. The molecule has 2 nitrogen and oxygen atoms in total. The van der Waals surface area contributed by atoms with Gasteiger partial charge in [0.25, 0.3) is 0 Å². The Morgan fingerprint density at radius 2 is 2.12 bits per heavy atom. The summed E-state index contributed by atoms with van der Waals surface area (Å²) in [6.07, 6.45) is 4.27. The highest BCUT2D eigenvalue weighted by atomic mass is 15.3. The molecule has 0 fully saturated rings. The summed E-state index contributed by atoms with van der Waals surface area (Å²) in [5, 5.41) is 0. The Balaban J connectivity index is 2.42. The standard InChI is InChI=1S/C6H12N2/c1-7-4-3-5-8(2)6-7/h3-4H,5-6H2,1-2H3. The van der Waals surface area contributed by atoms with Gasteiger partial charge in [0.2, 0.25) is 0 Å². The van der Waals surface area contributed by atoms with Crippen molar-refractivity contribution in [2.45, 2.75) is 0 Å². The van der Waals surface area contributed by atoms with Crippen LogP contribution in [0.25, 0.3) is 0 Å². The number of nitrogens with zero attached hydrogens (tertiary/aromatic N) is 2. The first kappa shape index (κ1) is 5.63. The Bertz CT molecular complexity index is 98.7. The normalized spacial score (nSPS) is 22.0. The van der Waals surface area contributed by atoms with Gasteiger partial charge in [0.15, 0.2) is 0 Å². The molecule has 1 rings (SSSR count). The van der Waals surface area contributed by atoms with Crippen LogP contribution in [0.1, 0.15) is 0 Å². The van der Waals surface area contributed by atoms with E-state index in [1.54, 1.807) is 0 Å². The first-order valence-electron chi connectivity index (χ1n) is 2.84. The van der Waals surface area contributed by atoms with Crippen LogP contribution in [-0.4, -0.2) is 37.1 Å². The smallest absolute Gasteiger partial charge is 0.0698 e. The monoisotopic (exact) mass is 112 g/mol. The van der Waals surface area contributed by atoms with E-state index in [0.717, 1.165) is 13.2 Å². The van der Waals surface area contributed by atoms with Crippen molar-refractivity contribution >= 4 is 0 Å². The summed E-state index contributed by atoms with van der Waals surface area (Å²) in [5.41, 5.74) is 0. The summed E-state index contributed by atoms with van der Waals surface area (Å²) in [4.78, 5) is 4.41. The molecule has 0 aliphatic carbocycles. The van der Waals surface area contributed by atoms with E-state index < -0.39 is 0 Å². The molecular weight excluding hydrogens is 100 g/mol. The van der Waals surface area contributed by atoms with Crippen LogP contribution in [-0.2, 0) is 0 Å². The predicted molar refractivity (Wildman–Crippen MR) is 34.4 cm³/mol. The van der Waals surface area contributed by atoms with Gasteiger partial charge in [-0.1, -0.05) is 6.08 Å². The maximum atomic E-state index is 2.25.